The van der Waals surface area contributed by atoms with E-state index in [1.54, 1.807) is 0 Å². The Kier molecular flexibility index (Phi) is 9.66. The van der Waals surface area contributed by atoms with Gasteiger partial charge in [-0.15, -0.1) is 0 Å². The van der Waals surface area contributed by atoms with Gasteiger partial charge in [0.2, 0.25) is 0 Å². The summed E-state index contributed by atoms with van der Waals surface area (Å²) in [7, 11) is 5.51. The summed E-state index contributed by atoms with van der Waals surface area (Å²) < 4.78 is 1.45. The van der Waals surface area contributed by atoms with E-state index in [-0.39, 0.29) is 0 Å². The van der Waals surface area contributed by atoms with Gasteiger partial charge in [0.15, 0.2) is 0 Å². The summed E-state index contributed by atoms with van der Waals surface area (Å²) in [6.07, 6.45) is 0. The normalized spacial score (nSPS) is 12.4. The van der Waals surface area contributed by atoms with Crippen molar-refractivity contribution in [3.05, 3.63) is 70.8 Å². The van der Waals surface area contributed by atoms with Gasteiger partial charge in [-0.25, -0.2) is 0 Å². The molecule has 0 aliphatic carbocycles. The molecular weight excluding hydrogens is 579 g/mol. The van der Waals surface area contributed by atoms with Gasteiger partial charge < -0.3 is 0 Å². The molecule has 0 atom stereocenters. The zero-order chi connectivity index (χ0) is 26.9. The van der Waals surface area contributed by atoms with Crippen molar-refractivity contribution in [2.45, 2.75) is 98.7 Å². The summed E-state index contributed by atoms with van der Waals surface area (Å²) in [5, 5.41) is 1.53. The summed E-state index contributed by atoms with van der Waals surface area (Å²) in [6, 6.07) is 19.0. The summed E-state index contributed by atoms with van der Waals surface area (Å²) in [6.45, 7) is 26.1. The number of benzene rings is 3. The van der Waals surface area contributed by atoms with Crippen molar-refractivity contribution in [2.75, 3.05) is 0 Å². The molecule has 3 rings (SSSR count). The first-order valence-electron chi connectivity index (χ1n) is 13.6. The van der Waals surface area contributed by atoms with Crippen LogP contribution in [0.15, 0.2) is 48.5 Å². The van der Waals surface area contributed by atoms with Gasteiger partial charge in [0.25, 0.3) is 0 Å². The molecule has 2 radical (unpaired) electrons. The van der Waals surface area contributed by atoms with Crippen LogP contribution < -0.4 is 8.77 Å². The molecule has 3 heteroatoms. The van der Waals surface area contributed by atoms with E-state index in [2.05, 4.69) is 124 Å². The molecule has 0 bridgehead atoms. The van der Waals surface area contributed by atoms with Crippen LogP contribution in [0.5, 0.6) is 0 Å². The Bertz CT molecular complexity index is 1080. The fourth-order valence-electron chi connectivity index (χ4n) is 5.30. The van der Waals surface area contributed by atoms with Crippen molar-refractivity contribution >= 4 is 45.8 Å². The molecule has 0 spiro atoms. The second-order valence-electron chi connectivity index (χ2n) is 12.5. The van der Waals surface area contributed by atoms with Crippen molar-refractivity contribution in [3.63, 3.8) is 0 Å². The molecule has 0 aliphatic rings. The first-order chi connectivity index (χ1) is 16.8. The number of hydrogen-bond acceptors (Lipinski definition) is 0. The Labute approximate surface area is 236 Å². The summed E-state index contributed by atoms with van der Waals surface area (Å²) in [5.41, 5.74) is 11.6. The van der Waals surface area contributed by atoms with Crippen LogP contribution in [0.1, 0.15) is 101 Å². The first kappa shape index (κ1) is 29.5. The Morgan fingerprint density at radius 3 is 1.11 bits per heavy atom. The van der Waals surface area contributed by atoms with Crippen molar-refractivity contribution in [3.8, 4) is 22.3 Å². The molecule has 0 aliphatic heterocycles. The Morgan fingerprint density at radius 2 is 0.889 bits per heavy atom. The second-order valence-corrected chi connectivity index (χ2v) is 20.8. The van der Waals surface area contributed by atoms with Crippen molar-refractivity contribution < 1.29 is 0 Å². The standard InChI is InChI=1S/C33H45Si.ClH.Sn/c1-21(2)28-14-12-15-29(22(3)4)32(28)25-18-26(20-27(19-25)34(9,10)11)33-30(23(5)6)16-13-17-31(33)24(7)8;;/h12-17,19-24H,1-11H3;1H;/q;;+1/p-1. The number of halogens is 1. The first-order valence-corrected chi connectivity index (χ1v) is 22.1. The Morgan fingerprint density at radius 1 is 0.583 bits per heavy atom. The molecule has 0 heterocycles. The average Bonchev–Trinajstić information content (AvgIpc) is 2.81. The predicted molar refractivity (Wildman–Crippen MR) is 168 cm³/mol. The Balaban J connectivity index is 2.60. The molecule has 0 saturated carbocycles. The third-order valence-electron chi connectivity index (χ3n) is 7.38. The van der Waals surface area contributed by atoms with Crippen LogP contribution in [0.2, 0.25) is 19.6 Å². The fourth-order valence-corrected chi connectivity index (χ4v) is 9.52. The summed E-state index contributed by atoms with van der Waals surface area (Å²) in [5.74, 6) is 1.83. The minimum atomic E-state index is -1.60. The van der Waals surface area contributed by atoms with Gasteiger partial charge in [-0.1, -0.05) is 0 Å². The predicted octanol–water partition coefficient (Wildman–Crippen LogP) is 9.54. The summed E-state index contributed by atoms with van der Waals surface area (Å²) >= 11 is -1.32. The van der Waals surface area contributed by atoms with E-state index in [1.165, 1.54) is 53.3 Å². The van der Waals surface area contributed by atoms with Gasteiger partial charge in [0.1, 0.15) is 0 Å². The summed E-state index contributed by atoms with van der Waals surface area (Å²) in [4.78, 5) is 0. The van der Waals surface area contributed by atoms with E-state index in [0.29, 0.717) is 23.7 Å². The van der Waals surface area contributed by atoms with Crippen LogP contribution in [0.4, 0.5) is 0 Å². The zero-order valence-electron chi connectivity index (χ0n) is 24.3. The molecule has 192 valence electrons. The fraction of sp³-hybridized carbons (Fsp3) is 0.455. The quantitative estimate of drug-likeness (QED) is 0.219. The van der Waals surface area contributed by atoms with E-state index in [9.17, 15) is 0 Å². The van der Waals surface area contributed by atoms with Gasteiger partial charge in [0, 0.05) is 0 Å². The average molecular weight is 624 g/mol. The molecule has 0 saturated heterocycles. The van der Waals surface area contributed by atoms with Gasteiger partial charge in [0.05, 0.1) is 0 Å². The number of rotatable bonds is 8. The monoisotopic (exact) mass is 624 g/mol. The minimum absolute atomic E-state index is 0.459. The molecule has 0 amide bonds. The maximum absolute atomic E-state index is 7.11. The van der Waals surface area contributed by atoms with E-state index < -0.39 is 28.1 Å². The van der Waals surface area contributed by atoms with Gasteiger partial charge in [-0.3, -0.25) is 0 Å². The van der Waals surface area contributed by atoms with Crippen LogP contribution in [0.25, 0.3) is 22.3 Å². The van der Waals surface area contributed by atoms with E-state index in [1.807, 2.05) is 0 Å². The van der Waals surface area contributed by atoms with Crippen LogP contribution in [0.3, 0.4) is 0 Å². The van der Waals surface area contributed by atoms with E-state index in [4.69, 9.17) is 8.92 Å². The van der Waals surface area contributed by atoms with Gasteiger partial charge >= 0.3 is 238 Å². The molecule has 0 nitrogen and oxygen atoms in total. The van der Waals surface area contributed by atoms with Crippen LogP contribution in [-0.2, 0) is 0 Å². The SMILES string of the molecule is CC(C)c1cccc(C(C)C)c1-c1cc([Si](C)(C)C)cc(-c2c(C(C)C)cccc2C(C)C)[c]1[Sn][Cl]. The molecular formula is C33H45ClSiSn. The molecule has 0 unspecified atom stereocenters. The zero-order valence-corrected chi connectivity index (χ0v) is 28.9. The van der Waals surface area contributed by atoms with E-state index >= 15 is 0 Å². The maximum atomic E-state index is 7.11. The molecule has 3 aromatic rings. The molecule has 3 aromatic carbocycles. The molecule has 0 aromatic heterocycles. The van der Waals surface area contributed by atoms with E-state index in [0.717, 1.165) is 0 Å². The molecule has 0 fully saturated rings. The molecule has 36 heavy (non-hydrogen) atoms. The van der Waals surface area contributed by atoms with Crippen LogP contribution in [-0.4, -0.2) is 28.1 Å². The van der Waals surface area contributed by atoms with Crippen molar-refractivity contribution in [1.82, 2.24) is 0 Å². The van der Waals surface area contributed by atoms with Crippen LogP contribution >= 0.6 is 8.92 Å². The topological polar surface area (TPSA) is 0 Å². The van der Waals surface area contributed by atoms with Crippen LogP contribution in [0, 0.1) is 0 Å². The van der Waals surface area contributed by atoms with Crippen molar-refractivity contribution in [1.29, 1.82) is 0 Å². The third kappa shape index (κ3) is 5.99. The van der Waals surface area contributed by atoms with Gasteiger partial charge in [-0.2, -0.15) is 0 Å². The second kappa shape index (κ2) is 11.8. The third-order valence-corrected chi connectivity index (χ3v) is 12.7. The van der Waals surface area contributed by atoms with Crippen molar-refractivity contribution in [2.24, 2.45) is 0 Å². The number of hydrogen-bond donors (Lipinski definition) is 0. The van der Waals surface area contributed by atoms with Gasteiger partial charge in [-0.05, 0) is 0 Å². The Hall–Kier alpha value is -1.03. The molecule has 0 N–H and O–H groups in total.